The molecule has 22 heavy (non-hydrogen) atoms. The summed E-state index contributed by atoms with van der Waals surface area (Å²) in [7, 11) is 1.52. The molecular weight excluding hydrogens is 306 g/mol. The van der Waals surface area contributed by atoms with Gasteiger partial charge in [0.2, 0.25) is 5.91 Å². The highest BCUT2D eigenvalue weighted by Gasteiger charge is 2.11. The number of halogens is 1. The number of nitrogens with one attached hydrogen (secondary N) is 3. The Morgan fingerprint density at radius 3 is 2.59 bits per heavy atom. The van der Waals surface area contributed by atoms with E-state index in [-0.39, 0.29) is 6.54 Å². The normalized spacial score (nSPS) is 10.3. The number of hydrogen-bond acceptors (Lipinski definition) is 4. The summed E-state index contributed by atoms with van der Waals surface area (Å²) in [6.45, 7) is 6.26. The molecule has 0 aliphatic heterocycles. The van der Waals surface area contributed by atoms with E-state index < -0.39 is 11.9 Å². The Balaban J connectivity index is 2.54. The van der Waals surface area contributed by atoms with Crippen molar-refractivity contribution in [3.05, 3.63) is 22.7 Å². The molecule has 6 nitrogen and oxygen atoms in total. The van der Waals surface area contributed by atoms with Gasteiger partial charge in [0, 0.05) is 17.6 Å². The van der Waals surface area contributed by atoms with Crippen LogP contribution in [0.25, 0.3) is 0 Å². The van der Waals surface area contributed by atoms with Gasteiger partial charge in [0.25, 0.3) is 0 Å². The lowest BCUT2D eigenvalue weighted by Gasteiger charge is -2.13. The van der Waals surface area contributed by atoms with Gasteiger partial charge in [0.15, 0.2) is 0 Å². The Kier molecular flexibility index (Phi) is 6.98. The molecule has 0 spiro atoms. The third kappa shape index (κ3) is 5.81. The molecule has 3 N–H and O–H groups in total. The van der Waals surface area contributed by atoms with E-state index in [1.807, 2.05) is 20.8 Å². The van der Waals surface area contributed by atoms with E-state index in [0.717, 1.165) is 5.56 Å². The van der Waals surface area contributed by atoms with Crippen molar-refractivity contribution in [3.8, 4) is 5.75 Å². The number of hydrogen-bond donors (Lipinski definition) is 3. The van der Waals surface area contributed by atoms with Crippen LogP contribution in [-0.2, 0) is 4.79 Å². The highest BCUT2D eigenvalue weighted by molar-refractivity contribution is 6.31. The van der Waals surface area contributed by atoms with E-state index in [2.05, 4.69) is 16.0 Å². The number of benzene rings is 1. The van der Waals surface area contributed by atoms with Crippen LogP contribution in [0.15, 0.2) is 12.1 Å². The van der Waals surface area contributed by atoms with Gasteiger partial charge in [-0.25, -0.2) is 4.79 Å². The third-order valence-corrected chi connectivity index (χ3v) is 3.25. The first-order valence-electron chi connectivity index (χ1n) is 6.99. The number of aryl methyl sites for hydroxylation is 1. The standard InChI is InChI=1S/C15H22ClN3O3/c1-9(2)7-18-15(21)19-14(20)8-17-12-5-10(3)11(16)6-13(12)22-4/h5-6,9,17H,7-8H2,1-4H3,(H2,18,19,20,21). The molecule has 0 saturated carbocycles. The van der Waals surface area contributed by atoms with Gasteiger partial charge in [-0.15, -0.1) is 0 Å². The van der Waals surface area contributed by atoms with Crippen molar-refractivity contribution < 1.29 is 14.3 Å². The van der Waals surface area contributed by atoms with Crippen molar-refractivity contribution in [1.82, 2.24) is 10.6 Å². The van der Waals surface area contributed by atoms with Crippen LogP contribution in [0.3, 0.4) is 0 Å². The summed E-state index contributed by atoms with van der Waals surface area (Å²) < 4.78 is 5.20. The van der Waals surface area contributed by atoms with Gasteiger partial charge in [-0.3, -0.25) is 10.1 Å². The lowest BCUT2D eigenvalue weighted by Crippen LogP contribution is -2.43. The van der Waals surface area contributed by atoms with Crippen molar-refractivity contribution in [2.24, 2.45) is 5.92 Å². The summed E-state index contributed by atoms with van der Waals surface area (Å²) in [4.78, 5) is 23.2. The van der Waals surface area contributed by atoms with E-state index in [1.165, 1.54) is 7.11 Å². The van der Waals surface area contributed by atoms with Crippen LogP contribution < -0.4 is 20.7 Å². The molecule has 1 rings (SSSR count). The van der Waals surface area contributed by atoms with E-state index in [9.17, 15) is 9.59 Å². The fourth-order valence-electron chi connectivity index (χ4n) is 1.66. The molecule has 0 unspecified atom stereocenters. The van der Waals surface area contributed by atoms with Crippen LogP contribution >= 0.6 is 11.6 Å². The van der Waals surface area contributed by atoms with E-state index in [4.69, 9.17) is 16.3 Å². The summed E-state index contributed by atoms with van der Waals surface area (Å²) in [5.74, 6) is 0.420. The number of amides is 3. The van der Waals surface area contributed by atoms with Crippen molar-refractivity contribution in [1.29, 1.82) is 0 Å². The van der Waals surface area contributed by atoms with E-state index in [1.54, 1.807) is 12.1 Å². The lowest BCUT2D eigenvalue weighted by molar-refractivity contribution is -0.118. The molecule has 1 aromatic rings. The maximum atomic E-state index is 11.7. The summed E-state index contributed by atoms with van der Waals surface area (Å²) in [6.07, 6.45) is 0. The van der Waals surface area contributed by atoms with Crippen molar-refractivity contribution >= 4 is 29.2 Å². The van der Waals surface area contributed by atoms with Crippen molar-refractivity contribution in [3.63, 3.8) is 0 Å². The molecule has 1 aromatic carbocycles. The molecule has 0 aliphatic carbocycles. The second-order valence-electron chi connectivity index (χ2n) is 5.31. The van der Waals surface area contributed by atoms with Gasteiger partial charge in [-0.1, -0.05) is 25.4 Å². The monoisotopic (exact) mass is 327 g/mol. The maximum absolute atomic E-state index is 11.7. The van der Waals surface area contributed by atoms with Crippen molar-refractivity contribution in [2.75, 3.05) is 25.5 Å². The van der Waals surface area contributed by atoms with Crippen LogP contribution in [-0.4, -0.2) is 32.1 Å². The Bertz CT molecular complexity index is 547. The first-order chi connectivity index (χ1) is 10.3. The average Bonchev–Trinajstić information content (AvgIpc) is 2.45. The predicted molar refractivity (Wildman–Crippen MR) is 87.6 cm³/mol. The second kappa shape index (κ2) is 8.48. The van der Waals surface area contributed by atoms with Crippen LogP contribution in [0.5, 0.6) is 5.75 Å². The fraction of sp³-hybridized carbons (Fsp3) is 0.467. The summed E-state index contributed by atoms with van der Waals surface area (Å²) >= 11 is 6.02. The lowest BCUT2D eigenvalue weighted by atomic mass is 10.2. The second-order valence-corrected chi connectivity index (χ2v) is 5.71. The highest BCUT2D eigenvalue weighted by Crippen LogP contribution is 2.30. The third-order valence-electron chi connectivity index (χ3n) is 2.84. The number of imide groups is 1. The minimum Gasteiger partial charge on any atom is -0.495 e. The van der Waals surface area contributed by atoms with E-state index in [0.29, 0.717) is 28.9 Å². The molecule has 0 fully saturated rings. The van der Waals surface area contributed by atoms with Crippen LogP contribution in [0, 0.1) is 12.8 Å². The number of anilines is 1. The van der Waals surface area contributed by atoms with Crippen LogP contribution in [0.1, 0.15) is 19.4 Å². The van der Waals surface area contributed by atoms with Gasteiger partial charge >= 0.3 is 6.03 Å². The zero-order valence-corrected chi connectivity index (χ0v) is 14.0. The number of carbonyl (C=O) groups excluding carboxylic acids is 2. The molecule has 0 saturated heterocycles. The summed E-state index contributed by atoms with van der Waals surface area (Å²) in [5.41, 5.74) is 1.50. The Morgan fingerprint density at radius 2 is 2.00 bits per heavy atom. The Labute approximate surface area is 135 Å². The predicted octanol–water partition coefficient (Wildman–Crippen LogP) is 2.55. The molecule has 122 valence electrons. The topological polar surface area (TPSA) is 79.5 Å². The number of methoxy groups -OCH3 is 1. The highest BCUT2D eigenvalue weighted by atomic mass is 35.5. The molecule has 0 bridgehead atoms. The SMILES string of the molecule is COc1cc(Cl)c(C)cc1NCC(=O)NC(=O)NCC(C)C. The Morgan fingerprint density at radius 1 is 1.32 bits per heavy atom. The van der Waals surface area contributed by atoms with Gasteiger partial charge < -0.3 is 15.4 Å². The van der Waals surface area contributed by atoms with Crippen molar-refractivity contribution in [2.45, 2.75) is 20.8 Å². The number of ether oxygens (including phenoxy) is 1. The number of rotatable bonds is 6. The molecule has 0 radical (unpaired) electrons. The van der Waals surface area contributed by atoms with Gasteiger partial charge in [0.1, 0.15) is 5.75 Å². The summed E-state index contributed by atoms with van der Waals surface area (Å²) in [6, 6.07) is 2.96. The molecular formula is C15H22ClN3O3. The first kappa shape index (κ1) is 18.1. The average molecular weight is 328 g/mol. The van der Waals surface area contributed by atoms with Gasteiger partial charge in [-0.05, 0) is 24.5 Å². The molecule has 0 aromatic heterocycles. The molecule has 7 heteroatoms. The number of urea groups is 1. The minimum atomic E-state index is -0.500. The molecule has 0 atom stereocenters. The smallest absolute Gasteiger partial charge is 0.321 e. The zero-order chi connectivity index (χ0) is 16.7. The largest absolute Gasteiger partial charge is 0.495 e. The van der Waals surface area contributed by atoms with Gasteiger partial charge in [0.05, 0.1) is 19.3 Å². The van der Waals surface area contributed by atoms with Gasteiger partial charge in [-0.2, -0.15) is 0 Å². The fourth-order valence-corrected chi connectivity index (χ4v) is 1.81. The van der Waals surface area contributed by atoms with Crippen LogP contribution in [0.2, 0.25) is 5.02 Å². The minimum absolute atomic E-state index is 0.0491. The van der Waals surface area contributed by atoms with E-state index >= 15 is 0 Å². The Hall–Kier alpha value is -1.95. The molecule has 0 aliphatic rings. The van der Waals surface area contributed by atoms with Crippen LogP contribution in [0.4, 0.5) is 10.5 Å². The zero-order valence-electron chi connectivity index (χ0n) is 13.2. The summed E-state index contributed by atoms with van der Waals surface area (Å²) in [5, 5.41) is 8.37. The molecule has 3 amide bonds. The molecule has 0 heterocycles. The first-order valence-corrected chi connectivity index (χ1v) is 7.37. The number of carbonyl (C=O) groups is 2. The quantitative estimate of drug-likeness (QED) is 0.750. The maximum Gasteiger partial charge on any atom is 0.321 e.